The molecule has 9 N–H and O–H groups in total. The van der Waals surface area contributed by atoms with Gasteiger partial charge in [-0.3, -0.25) is 19.2 Å². The molecule has 4 unspecified atom stereocenters. The summed E-state index contributed by atoms with van der Waals surface area (Å²) in [4.78, 5) is 62.3. The highest BCUT2D eigenvalue weighted by molar-refractivity contribution is 7.98. The maximum atomic E-state index is 13.3. The Balaban J connectivity index is 2.88. The molecule has 1 fully saturated rings. The van der Waals surface area contributed by atoms with Crippen molar-refractivity contribution in [1.82, 2.24) is 15.5 Å². The van der Waals surface area contributed by atoms with Gasteiger partial charge in [0.05, 0.1) is 12.5 Å². The number of likely N-dealkylation sites (tertiary alicyclic amines) is 1. The van der Waals surface area contributed by atoms with Gasteiger partial charge in [-0.25, -0.2) is 4.79 Å². The Bertz CT molecular complexity index is 709. The molecule has 0 saturated carbocycles. The third-order valence-electron chi connectivity index (χ3n) is 5.39. The number of carboxylic acids is 1. The Labute approximate surface area is 197 Å². The molecule has 0 aromatic rings. The maximum Gasteiger partial charge on any atom is 0.326 e. The van der Waals surface area contributed by atoms with Crippen LogP contribution in [0.25, 0.3) is 0 Å². The molecule has 1 heterocycles. The molecule has 4 atom stereocenters. The van der Waals surface area contributed by atoms with E-state index in [1.54, 1.807) is 0 Å². The summed E-state index contributed by atoms with van der Waals surface area (Å²) in [6.07, 6.45) is 4.42. The number of nitrogens with zero attached hydrogens (tertiary/aromatic N) is 1. The zero-order valence-electron chi connectivity index (χ0n) is 19.0. The van der Waals surface area contributed by atoms with Crippen molar-refractivity contribution in [2.24, 2.45) is 17.2 Å². The zero-order valence-corrected chi connectivity index (χ0v) is 19.8. The number of aliphatic carboxylic acids is 1. The predicted molar refractivity (Wildman–Crippen MR) is 124 cm³/mol. The van der Waals surface area contributed by atoms with Crippen LogP contribution in [0, 0.1) is 0 Å². The molecular weight excluding hydrogens is 452 g/mol. The fourth-order valence-corrected chi connectivity index (χ4v) is 4.06. The minimum atomic E-state index is -1.48. The van der Waals surface area contributed by atoms with Gasteiger partial charge in [0.2, 0.25) is 23.6 Å². The number of hydrogen-bond acceptors (Lipinski definition) is 8. The highest BCUT2D eigenvalue weighted by Gasteiger charge is 2.39. The average molecular weight is 489 g/mol. The van der Waals surface area contributed by atoms with Crippen molar-refractivity contribution in [2.75, 3.05) is 25.1 Å². The van der Waals surface area contributed by atoms with Gasteiger partial charge in [0.25, 0.3) is 0 Å². The van der Waals surface area contributed by atoms with Crippen molar-refractivity contribution in [3.8, 4) is 0 Å². The molecular formula is C20H36N6O6S. The molecule has 13 heteroatoms. The molecule has 1 aliphatic rings. The second-order valence-corrected chi connectivity index (χ2v) is 8.98. The average Bonchev–Trinajstić information content (AvgIpc) is 3.25. The molecule has 1 aliphatic heterocycles. The number of amides is 4. The quantitative estimate of drug-likeness (QED) is 0.142. The number of nitrogens with two attached hydrogens (primary N) is 3. The van der Waals surface area contributed by atoms with Crippen LogP contribution < -0.4 is 27.8 Å². The van der Waals surface area contributed by atoms with Crippen LogP contribution in [-0.4, -0.2) is 88.9 Å². The van der Waals surface area contributed by atoms with Gasteiger partial charge in [-0.15, -0.1) is 0 Å². The van der Waals surface area contributed by atoms with Crippen molar-refractivity contribution < 1.29 is 29.1 Å². The minimum absolute atomic E-state index is 0.290. The van der Waals surface area contributed by atoms with Crippen molar-refractivity contribution in [2.45, 2.75) is 69.1 Å². The number of carbonyl (C=O) groups excluding carboxylic acids is 4. The number of carbonyl (C=O) groups is 5. The van der Waals surface area contributed by atoms with Gasteiger partial charge < -0.3 is 37.8 Å². The number of carboxylic acid groups (broad SMARTS) is 1. The van der Waals surface area contributed by atoms with E-state index in [0.29, 0.717) is 50.9 Å². The molecule has 33 heavy (non-hydrogen) atoms. The van der Waals surface area contributed by atoms with Crippen molar-refractivity contribution in [3.63, 3.8) is 0 Å². The number of primary amides is 1. The monoisotopic (exact) mass is 488 g/mol. The van der Waals surface area contributed by atoms with Crippen LogP contribution in [0.3, 0.4) is 0 Å². The summed E-state index contributed by atoms with van der Waals surface area (Å²) in [5.41, 5.74) is 16.5. The molecule has 0 radical (unpaired) electrons. The first-order chi connectivity index (χ1) is 15.6. The van der Waals surface area contributed by atoms with E-state index in [4.69, 9.17) is 17.2 Å². The van der Waals surface area contributed by atoms with Gasteiger partial charge in [0.1, 0.15) is 18.1 Å². The minimum Gasteiger partial charge on any atom is -0.480 e. The SMILES string of the molecule is CSCCC(NC(=O)C(N)CCCCN)C(=O)N1CCCC1C(=O)NC(CC(N)=O)C(=O)O. The molecule has 0 aromatic heterocycles. The van der Waals surface area contributed by atoms with Gasteiger partial charge in [0, 0.05) is 6.54 Å². The maximum absolute atomic E-state index is 13.3. The predicted octanol–water partition coefficient (Wildman–Crippen LogP) is -1.88. The van der Waals surface area contributed by atoms with Gasteiger partial charge >= 0.3 is 5.97 Å². The van der Waals surface area contributed by atoms with Crippen molar-refractivity contribution in [1.29, 1.82) is 0 Å². The third kappa shape index (κ3) is 9.56. The Morgan fingerprint density at radius 3 is 2.39 bits per heavy atom. The van der Waals surface area contributed by atoms with E-state index in [-0.39, 0.29) is 0 Å². The van der Waals surface area contributed by atoms with E-state index in [1.807, 2.05) is 6.26 Å². The van der Waals surface area contributed by atoms with Gasteiger partial charge in [-0.05, 0) is 50.7 Å². The molecule has 1 rings (SSSR count). The van der Waals surface area contributed by atoms with Crippen LogP contribution in [0.15, 0.2) is 0 Å². The van der Waals surface area contributed by atoms with E-state index in [1.165, 1.54) is 16.7 Å². The molecule has 188 valence electrons. The number of unbranched alkanes of at least 4 members (excludes halogenated alkanes) is 1. The van der Waals surface area contributed by atoms with E-state index < -0.39 is 60.2 Å². The van der Waals surface area contributed by atoms with E-state index in [2.05, 4.69) is 10.6 Å². The number of hydrogen-bond donors (Lipinski definition) is 6. The largest absolute Gasteiger partial charge is 0.480 e. The van der Waals surface area contributed by atoms with Crippen molar-refractivity contribution >= 4 is 41.4 Å². The Morgan fingerprint density at radius 2 is 1.82 bits per heavy atom. The summed E-state index contributed by atoms with van der Waals surface area (Å²) >= 11 is 1.51. The molecule has 1 saturated heterocycles. The fraction of sp³-hybridized carbons (Fsp3) is 0.750. The lowest BCUT2D eigenvalue weighted by Gasteiger charge is -2.30. The first-order valence-electron chi connectivity index (χ1n) is 11.0. The smallest absolute Gasteiger partial charge is 0.326 e. The molecule has 12 nitrogen and oxygen atoms in total. The Hall–Kier alpha value is -2.38. The molecule has 0 bridgehead atoms. The summed E-state index contributed by atoms with van der Waals surface area (Å²) in [5.74, 6) is -3.21. The number of thioether (sulfide) groups is 1. The molecule has 4 amide bonds. The van der Waals surface area contributed by atoms with Crippen LogP contribution in [0.5, 0.6) is 0 Å². The highest BCUT2D eigenvalue weighted by Crippen LogP contribution is 2.20. The number of rotatable bonds is 15. The lowest BCUT2D eigenvalue weighted by Crippen LogP contribution is -2.57. The molecule has 0 aromatic carbocycles. The lowest BCUT2D eigenvalue weighted by molar-refractivity contribution is -0.145. The molecule has 0 spiro atoms. The van der Waals surface area contributed by atoms with E-state index >= 15 is 0 Å². The fourth-order valence-electron chi connectivity index (χ4n) is 3.58. The van der Waals surface area contributed by atoms with Crippen LogP contribution in [0.2, 0.25) is 0 Å². The summed E-state index contributed by atoms with van der Waals surface area (Å²) in [6.45, 7) is 0.794. The first kappa shape index (κ1) is 28.7. The third-order valence-corrected chi connectivity index (χ3v) is 6.03. The second kappa shape index (κ2) is 14.7. The van der Waals surface area contributed by atoms with Crippen LogP contribution in [-0.2, 0) is 24.0 Å². The van der Waals surface area contributed by atoms with Gasteiger partial charge in [-0.1, -0.05) is 6.42 Å². The molecule has 0 aliphatic carbocycles. The number of nitrogens with one attached hydrogen (secondary N) is 2. The lowest BCUT2D eigenvalue weighted by atomic mass is 10.1. The second-order valence-electron chi connectivity index (χ2n) is 7.99. The van der Waals surface area contributed by atoms with Gasteiger partial charge in [-0.2, -0.15) is 11.8 Å². The van der Waals surface area contributed by atoms with E-state index in [0.717, 1.165) is 6.42 Å². The van der Waals surface area contributed by atoms with Gasteiger partial charge in [0.15, 0.2) is 0 Å². The summed E-state index contributed by atoms with van der Waals surface area (Å²) in [6, 6.07) is -4.02. The van der Waals surface area contributed by atoms with Crippen LogP contribution in [0.4, 0.5) is 0 Å². The first-order valence-corrected chi connectivity index (χ1v) is 12.4. The standard InChI is InChI=1S/C20H36N6O6S/c1-33-10-7-13(24-17(28)12(22)5-2-3-8-21)19(30)26-9-4-6-15(26)18(29)25-14(20(31)32)11-16(23)27/h12-15H,2-11,21-22H2,1H3,(H2,23,27)(H,24,28)(H,25,29)(H,31,32). The summed E-state index contributed by atoms with van der Waals surface area (Å²) in [7, 11) is 0. The Kier molecular flexibility index (Phi) is 12.8. The van der Waals surface area contributed by atoms with Crippen LogP contribution in [0.1, 0.15) is 44.9 Å². The Morgan fingerprint density at radius 1 is 1.12 bits per heavy atom. The summed E-state index contributed by atoms with van der Waals surface area (Å²) < 4.78 is 0. The highest BCUT2D eigenvalue weighted by atomic mass is 32.2. The zero-order chi connectivity index (χ0) is 25.0. The van der Waals surface area contributed by atoms with E-state index in [9.17, 15) is 29.1 Å². The topological polar surface area (TPSA) is 211 Å². The normalized spacial score (nSPS) is 18.3. The van der Waals surface area contributed by atoms with Crippen molar-refractivity contribution in [3.05, 3.63) is 0 Å². The summed E-state index contributed by atoms with van der Waals surface area (Å²) in [5, 5.41) is 14.2. The van der Waals surface area contributed by atoms with Crippen LogP contribution >= 0.6 is 11.8 Å².